The normalized spacial score (nSPS) is 18.6. The SMILES string of the molecule is CCc1c(C2(N=C=O)CCC2)cc2c(c1Cl)OCO2. The molecule has 1 aromatic carbocycles. The quantitative estimate of drug-likeness (QED) is 0.630. The minimum absolute atomic E-state index is 0.186. The maximum atomic E-state index is 10.7. The molecule has 0 N–H and O–H groups in total. The highest BCUT2D eigenvalue weighted by Crippen LogP contribution is 2.52. The molecule has 2 aliphatic rings. The first-order valence-electron chi connectivity index (χ1n) is 6.42. The first kappa shape index (κ1) is 12.5. The third-order valence-corrected chi connectivity index (χ3v) is 4.40. The molecule has 1 aliphatic heterocycles. The Hall–Kier alpha value is -1.51. The Morgan fingerprint density at radius 1 is 1.47 bits per heavy atom. The number of benzene rings is 1. The lowest BCUT2D eigenvalue weighted by Crippen LogP contribution is -2.33. The summed E-state index contributed by atoms with van der Waals surface area (Å²) in [7, 11) is 0. The van der Waals surface area contributed by atoms with Crippen molar-refractivity contribution in [3.05, 3.63) is 22.2 Å². The summed E-state index contributed by atoms with van der Waals surface area (Å²) in [5.74, 6) is 1.25. The van der Waals surface area contributed by atoms with Crippen LogP contribution in [0.2, 0.25) is 5.02 Å². The fourth-order valence-electron chi connectivity index (χ4n) is 2.84. The van der Waals surface area contributed by atoms with Gasteiger partial charge in [-0.2, -0.15) is 4.99 Å². The summed E-state index contributed by atoms with van der Waals surface area (Å²) < 4.78 is 10.8. The molecule has 0 aromatic heterocycles. The summed E-state index contributed by atoms with van der Waals surface area (Å²) >= 11 is 6.40. The molecular weight excluding hydrogens is 266 g/mol. The van der Waals surface area contributed by atoms with Crippen LogP contribution in [-0.4, -0.2) is 12.9 Å². The number of halogens is 1. The number of fused-ring (bicyclic) bond motifs is 1. The molecule has 0 unspecified atom stereocenters. The van der Waals surface area contributed by atoms with Gasteiger partial charge in [0.25, 0.3) is 0 Å². The Balaban J connectivity index is 2.20. The average molecular weight is 280 g/mol. The molecule has 1 fully saturated rings. The highest BCUT2D eigenvalue weighted by Gasteiger charge is 2.42. The van der Waals surface area contributed by atoms with Crippen LogP contribution in [0.4, 0.5) is 0 Å². The van der Waals surface area contributed by atoms with Gasteiger partial charge in [-0.05, 0) is 42.9 Å². The second kappa shape index (κ2) is 4.55. The Morgan fingerprint density at radius 2 is 2.26 bits per heavy atom. The van der Waals surface area contributed by atoms with Crippen molar-refractivity contribution in [3.8, 4) is 11.5 Å². The van der Waals surface area contributed by atoms with Crippen molar-refractivity contribution in [1.82, 2.24) is 0 Å². The van der Waals surface area contributed by atoms with Gasteiger partial charge in [-0.25, -0.2) is 4.79 Å². The Bertz CT molecular complexity index is 575. The minimum Gasteiger partial charge on any atom is -0.454 e. The molecule has 100 valence electrons. The van der Waals surface area contributed by atoms with Crippen LogP contribution in [0.25, 0.3) is 0 Å². The molecule has 0 bridgehead atoms. The van der Waals surface area contributed by atoms with Crippen molar-refractivity contribution < 1.29 is 14.3 Å². The Morgan fingerprint density at radius 3 is 2.84 bits per heavy atom. The van der Waals surface area contributed by atoms with Gasteiger partial charge in [-0.3, -0.25) is 0 Å². The maximum Gasteiger partial charge on any atom is 0.235 e. The van der Waals surface area contributed by atoms with E-state index in [1.165, 1.54) is 0 Å². The summed E-state index contributed by atoms with van der Waals surface area (Å²) in [6.45, 7) is 2.22. The zero-order valence-electron chi connectivity index (χ0n) is 10.7. The Kier molecular flexibility index (Phi) is 3.00. The van der Waals surface area contributed by atoms with E-state index < -0.39 is 5.54 Å². The van der Waals surface area contributed by atoms with Gasteiger partial charge in [0.1, 0.15) is 0 Å². The van der Waals surface area contributed by atoms with E-state index in [9.17, 15) is 4.79 Å². The van der Waals surface area contributed by atoms with E-state index in [1.807, 2.05) is 13.0 Å². The van der Waals surface area contributed by atoms with Gasteiger partial charge in [0.15, 0.2) is 11.5 Å². The van der Waals surface area contributed by atoms with E-state index >= 15 is 0 Å². The number of aliphatic imine (C=N–C) groups is 1. The van der Waals surface area contributed by atoms with Gasteiger partial charge >= 0.3 is 0 Å². The van der Waals surface area contributed by atoms with Crippen molar-refractivity contribution in [2.45, 2.75) is 38.1 Å². The van der Waals surface area contributed by atoms with Crippen LogP contribution in [0.1, 0.15) is 37.3 Å². The molecule has 0 radical (unpaired) electrons. The molecule has 1 heterocycles. The summed E-state index contributed by atoms with van der Waals surface area (Å²) in [4.78, 5) is 14.8. The summed E-state index contributed by atoms with van der Waals surface area (Å²) in [5.41, 5.74) is 1.51. The molecule has 3 rings (SSSR count). The third-order valence-electron chi connectivity index (χ3n) is 4.00. The van der Waals surface area contributed by atoms with E-state index in [1.54, 1.807) is 6.08 Å². The molecule has 0 spiro atoms. The van der Waals surface area contributed by atoms with Gasteiger partial charge in [0.05, 0.1) is 10.6 Å². The van der Waals surface area contributed by atoms with Crippen molar-refractivity contribution in [2.24, 2.45) is 4.99 Å². The molecule has 19 heavy (non-hydrogen) atoms. The monoisotopic (exact) mass is 279 g/mol. The largest absolute Gasteiger partial charge is 0.454 e. The van der Waals surface area contributed by atoms with Gasteiger partial charge in [-0.15, -0.1) is 0 Å². The number of hydrogen-bond acceptors (Lipinski definition) is 4. The first-order valence-corrected chi connectivity index (χ1v) is 6.80. The second-order valence-corrected chi connectivity index (χ2v) is 5.27. The standard InChI is InChI=1S/C14H14ClNO3/c1-2-9-10(14(16-7-17)4-3-5-14)6-11-13(12(9)15)19-8-18-11/h6H,2-5,8H2,1H3. The molecule has 1 saturated carbocycles. The minimum atomic E-state index is -0.461. The van der Waals surface area contributed by atoms with Crippen LogP contribution in [-0.2, 0) is 16.8 Å². The number of hydrogen-bond donors (Lipinski definition) is 0. The van der Waals surface area contributed by atoms with Gasteiger partial charge < -0.3 is 9.47 Å². The maximum absolute atomic E-state index is 10.7. The lowest BCUT2D eigenvalue weighted by molar-refractivity contribution is 0.173. The van der Waals surface area contributed by atoms with Crippen molar-refractivity contribution >= 4 is 17.7 Å². The number of carbonyl (C=O) groups excluding carboxylic acids is 1. The molecule has 0 saturated heterocycles. The molecule has 1 aliphatic carbocycles. The highest BCUT2D eigenvalue weighted by atomic mass is 35.5. The molecule has 1 aromatic rings. The number of ether oxygens (including phenoxy) is 2. The van der Waals surface area contributed by atoms with Crippen LogP contribution >= 0.6 is 11.6 Å². The summed E-state index contributed by atoms with van der Waals surface area (Å²) in [5, 5.41) is 0.583. The molecule has 5 heteroatoms. The van der Waals surface area contributed by atoms with Crippen LogP contribution in [0.3, 0.4) is 0 Å². The fraction of sp³-hybridized carbons (Fsp3) is 0.500. The lowest BCUT2D eigenvalue weighted by atomic mass is 9.70. The average Bonchev–Trinajstić information content (AvgIpc) is 2.82. The highest BCUT2D eigenvalue weighted by molar-refractivity contribution is 6.33. The summed E-state index contributed by atoms with van der Waals surface area (Å²) in [6, 6.07) is 1.92. The number of rotatable bonds is 3. The number of nitrogens with zero attached hydrogens (tertiary/aromatic N) is 1. The van der Waals surface area contributed by atoms with Crippen LogP contribution in [0.15, 0.2) is 11.1 Å². The van der Waals surface area contributed by atoms with E-state index in [0.29, 0.717) is 16.5 Å². The number of isocyanates is 1. The smallest absolute Gasteiger partial charge is 0.235 e. The van der Waals surface area contributed by atoms with Gasteiger partial charge in [0.2, 0.25) is 12.9 Å². The molecule has 0 amide bonds. The lowest BCUT2D eigenvalue weighted by Gasteiger charge is -2.38. The van der Waals surface area contributed by atoms with Crippen molar-refractivity contribution in [1.29, 1.82) is 0 Å². The predicted molar refractivity (Wildman–Crippen MR) is 70.6 cm³/mol. The molecule has 0 atom stereocenters. The van der Waals surface area contributed by atoms with Gasteiger partial charge in [0, 0.05) is 0 Å². The molecular formula is C14H14ClNO3. The second-order valence-electron chi connectivity index (χ2n) is 4.89. The van der Waals surface area contributed by atoms with Crippen molar-refractivity contribution in [3.63, 3.8) is 0 Å². The Labute approximate surface area is 116 Å². The van der Waals surface area contributed by atoms with E-state index in [2.05, 4.69) is 4.99 Å². The summed E-state index contributed by atoms with van der Waals surface area (Å²) in [6.07, 6.45) is 5.23. The van der Waals surface area contributed by atoms with Crippen LogP contribution in [0.5, 0.6) is 11.5 Å². The topological polar surface area (TPSA) is 47.9 Å². The van der Waals surface area contributed by atoms with E-state index in [-0.39, 0.29) is 6.79 Å². The predicted octanol–water partition coefficient (Wildman–Crippen LogP) is 3.35. The first-order chi connectivity index (χ1) is 9.22. The van der Waals surface area contributed by atoms with E-state index in [0.717, 1.165) is 36.8 Å². The van der Waals surface area contributed by atoms with Gasteiger partial charge in [-0.1, -0.05) is 18.5 Å². The van der Waals surface area contributed by atoms with Crippen LogP contribution in [0, 0.1) is 0 Å². The van der Waals surface area contributed by atoms with E-state index in [4.69, 9.17) is 21.1 Å². The fourth-order valence-corrected chi connectivity index (χ4v) is 3.23. The zero-order chi connectivity index (χ0) is 13.5. The molecule has 4 nitrogen and oxygen atoms in total. The van der Waals surface area contributed by atoms with Crippen LogP contribution < -0.4 is 9.47 Å². The third kappa shape index (κ3) is 1.75. The van der Waals surface area contributed by atoms with Crippen molar-refractivity contribution in [2.75, 3.05) is 6.79 Å². The zero-order valence-corrected chi connectivity index (χ0v) is 11.4.